The molecule has 1 heterocycles. The van der Waals surface area contributed by atoms with Crippen molar-refractivity contribution in [1.29, 1.82) is 0 Å². The molecule has 0 fully saturated rings. The Balaban J connectivity index is 1.79. The van der Waals surface area contributed by atoms with Gasteiger partial charge in [0.25, 0.3) is 0 Å². The molecule has 0 saturated heterocycles. The third-order valence-electron chi connectivity index (χ3n) is 4.56. The third-order valence-corrected chi connectivity index (χ3v) is 5.15. The smallest absolute Gasteiger partial charge is 0.243 e. The fourth-order valence-electron chi connectivity index (χ4n) is 3.42. The maximum atomic E-state index is 12.6. The average molecular weight is 401 g/mol. The lowest BCUT2D eigenvalue weighted by atomic mass is 10.00. The molecule has 2 N–H and O–H groups in total. The van der Waals surface area contributed by atoms with E-state index in [1.807, 2.05) is 11.0 Å². The van der Waals surface area contributed by atoms with Crippen molar-refractivity contribution in [3.63, 3.8) is 0 Å². The predicted octanol–water partition coefficient (Wildman–Crippen LogP) is 2.65. The largest absolute Gasteiger partial charge is 0.362 e. The predicted molar refractivity (Wildman–Crippen MR) is 111 cm³/mol. The van der Waals surface area contributed by atoms with Gasteiger partial charge < -0.3 is 10.2 Å². The number of anilines is 3. The Labute approximate surface area is 164 Å². The number of rotatable bonds is 6. The van der Waals surface area contributed by atoms with Crippen LogP contribution in [0.3, 0.4) is 0 Å². The number of ketones is 1. The second-order valence-corrected chi connectivity index (χ2v) is 8.60. The molecule has 2 aromatic carbocycles. The minimum atomic E-state index is -3.38. The molecule has 0 atom stereocenters. The number of nitrogens with one attached hydrogen (secondary N) is 2. The molecular weight excluding hydrogens is 378 g/mol. The number of fused-ring (bicyclic) bond motifs is 1. The first-order chi connectivity index (χ1) is 13.2. The highest BCUT2D eigenvalue weighted by Gasteiger charge is 2.22. The summed E-state index contributed by atoms with van der Waals surface area (Å²) >= 11 is 0. The Kier molecular flexibility index (Phi) is 5.69. The highest BCUT2D eigenvalue weighted by Crippen LogP contribution is 2.33. The van der Waals surface area contributed by atoms with E-state index in [4.69, 9.17) is 0 Å². The number of amides is 1. The van der Waals surface area contributed by atoms with Crippen LogP contribution in [0.5, 0.6) is 0 Å². The molecule has 0 spiro atoms. The van der Waals surface area contributed by atoms with Crippen molar-refractivity contribution >= 4 is 38.8 Å². The first kappa shape index (κ1) is 19.9. The van der Waals surface area contributed by atoms with Crippen LogP contribution in [0.1, 0.15) is 29.3 Å². The van der Waals surface area contributed by atoms with E-state index in [2.05, 4.69) is 10.0 Å². The highest BCUT2D eigenvalue weighted by atomic mass is 32.2. The molecule has 1 aliphatic rings. The Bertz CT molecular complexity index is 1020. The van der Waals surface area contributed by atoms with E-state index in [-0.39, 0.29) is 18.2 Å². The average Bonchev–Trinajstić information content (AvgIpc) is 2.61. The van der Waals surface area contributed by atoms with Crippen molar-refractivity contribution in [3.8, 4) is 0 Å². The van der Waals surface area contributed by atoms with E-state index < -0.39 is 10.0 Å². The molecule has 0 aromatic heterocycles. The molecule has 0 saturated carbocycles. The van der Waals surface area contributed by atoms with Gasteiger partial charge in [0, 0.05) is 17.8 Å². The second-order valence-electron chi connectivity index (χ2n) is 6.85. The molecule has 0 unspecified atom stereocenters. The van der Waals surface area contributed by atoms with E-state index in [1.54, 1.807) is 36.4 Å². The molecule has 0 radical (unpaired) electrons. The molecule has 28 heavy (non-hydrogen) atoms. The van der Waals surface area contributed by atoms with Crippen LogP contribution in [0.15, 0.2) is 42.5 Å². The number of hydrogen-bond acceptors (Lipinski definition) is 5. The zero-order valence-corrected chi connectivity index (χ0v) is 16.7. The Morgan fingerprint density at radius 3 is 2.50 bits per heavy atom. The van der Waals surface area contributed by atoms with Crippen molar-refractivity contribution in [3.05, 3.63) is 53.6 Å². The van der Waals surface area contributed by atoms with E-state index in [0.29, 0.717) is 23.5 Å². The summed E-state index contributed by atoms with van der Waals surface area (Å²) in [6, 6.07) is 12.3. The van der Waals surface area contributed by atoms with Crippen LogP contribution in [0, 0.1) is 0 Å². The maximum absolute atomic E-state index is 12.6. The van der Waals surface area contributed by atoms with E-state index in [0.717, 1.165) is 30.3 Å². The molecule has 7 nitrogen and oxygen atoms in total. The molecule has 0 aliphatic carbocycles. The third kappa shape index (κ3) is 4.69. The van der Waals surface area contributed by atoms with Gasteiger partial charge in [-0.25, -0.2) is 8.42 Å². The summed E-state index contributed by atoms with van der Waals surface area (Å²) < 4.78 is 25.8. The fourth-order valence-corrected chi connectivity index (χ4v) is 4.01. The quantitative estimate of drug-likeness (QED) is 0.726. The van der Waals surface area contributed by atoms with Crippen LogP contribution in [-0.2, 0) is 21.2 Å². The number of benzene rings is 2. The molecule has 2 aromatic rings. The number of hydrogen-bond donors (Lipinski definition) is 2. The summed E-state index contributed by atoms with van der Waals surface area (Å²) in [5.74, 6) is -0.348. The highest BCUT2D eigenvalue weighted by molar-refractivity contribution is 7.92. The minimum Gasteiger partial charge on any atom is -0.362 e. The SMILES string of the molecule is CC(=O)c1ccccc1NC(=O)CN1CCCc2c(NS(C)(=O)=O)cccc21. The van der Waals surface area contributed by atoms with Crippen LogP contribution in [0.2, 0.25) is 0 Å². The molecule has 148 valence electrons. The van der Waals surface area contributed by atoms with Gasteiger partial charge in [-0.05, 0) is 49.6 Å². The van der Waals surface area contributed by atoms with Gasteiger partial charge in [0.2, 0.25) is 15.9 Å². The first-order valence-electron chi connectivity index (χ1n) is 8.99. The second kappa shape index (κ2) is 8.02. The van der Waals surface area contributed by atoms with Crippen molar-refractivity contribution in [2.75, 3.05) is 34.3 Å². The zero-order chi connectivity index (χ0) is 20.3. The number of para-hydroxylation sites is 1. The van der Waals surface area contributed by atoms with Crippen molar-refractivity contribution in [2.24, 2.45) is 0 Å². The first-order valence-corrected chi connectivity index (χ1v) is 10.9. The summed E-state index contributed by atoms with van der Waals surface area (Å²) in [6.45, 7) is 2.26. The topological polar surface area (TPSA) is 95.6 Å². The van der Waals surface area contributed by atoms with Crippen molar-refractivity contribution < 1.29 is 18.0 Å². The van der Waals surface area contributed by atoms with Gasteiger partial charge in [-0.3, -0.25) is 14.3 Å². The van der Waals surface area contributed by atoms with Gasteiger partial charge in [-0.2, -0.15) is 0 Å². The number of nitrogens with zero attached hydrogens (tertiary/aromatic N) is 1. The van der Waals surface area contributed by atoms with Crippen LogP contribution >= 0.6 is 0 Å². The summed E-state index contributed by atoms with van der Waals surface area (Å²) in [6.07, 6.45) is 2.67. The van der Waals surface area contributed by atoms with Crippen molar-refractivity contribution in [1.82, 2.24) is 0 Å². The van der Waals surface area contributed by atoms with Crippen LogP contribution < -0.4 is 14.9 Å². The summed E-state index contributed by atoms with van der Waals surface area (Å²) in [5, 5.41) is 2.81. The van der Waals surface area contributed by atoms with Crippen LogP contribution in [0.4, 0.5) is 17.1 Å². The molecule has 0 bridgehead atoms. The summed E-state index contributed by atoms with van der Waals surface area (Å²) in [5.41, 5.74) is 3.23. The normalized spacial score (nSPS) is 13.6. The number of carbonyl (C=O) groups is 2. The maximum Gasteiger partial charge on any atom is 0.243 e. The monoisotopic (exact) mass is 401 g/mol. The lowest BCUT2D eigenvalue weighted by Gasteiger charge is -2.32. The summed E-state index contributed by atoms with van der Waals surface area (Å²) in [7, 11) is -3.38. The van der Waals surface area contributed by atoms with Gasteiger partial charge in [0.1, 0.15) is 0 Å². The molecule has 1 aliphatic heterocycles. The molecule has 1 amide bonds. The van der Waals surface area contributed by atoms with E-state index >= 15 is 0 Å². The standard InChI is InChI=1S/C20H23N3O4S/c1-14(24)15-7-3-4-9-17(15)21-20(25)13-23-12-6-8-16-18(22-28(2,26)27)10-5-11-19(16)23/h3-5,7,9-11,22H,6,8,12-13H2,1-2H3,(H,21,25). The van der Waals surface area contributed by atoms with Gasteiger partial charge in [-0.15, -0.1) is 0 Å². The molecule has 3 rings (SSSR count). The summed E-state index contributed by atoms with van der Waals surface area (Å²) in [4.78, 5) is 26.3. The van der Waals surface area contributed by atoms with Crippen LogP contribution in [-0.4, -0.2) is 39.5 Å². The van der Waals surface area contributed by atoms with Gasteiger partial charge >= 0.3 is 0 Å². The van der Waals surface area contributed by atoms with Crippen molar-refractivity contribution in [2.45, 2.75) is 19.8 Å². The van der Waals surface area contributed by atoms with Gasteiger partial charge in [0.05, 0.1) is 24.2 Å². The lowest BCUT2D eigenvalue weighted by Crippen LogP contribution is -2.37. The van der Waals surface area contributed by atoms with Gasteiger partial charge in [0.15, 0.2) is 5.78 Å². The lowest BCUT2D eigenvalue weighted by molar-refractivity contribution is -0.115. The Morgan fingerprint density at radius 1 is 1.07 bits per heavy atom. The molecule has 8 heteroatoms. The fraction of sp³-hybridized carbons (Fsp3) is 0.300. The number of carbonyl (C=O) groups excluding carboxylic acids is 2. The molecular formula is C20H23N3O4S. The van der Waals surface area contributed by atoms with Gasteiger partial charge in [-0.1, -0.05) is 18.2 Å². The van der Waals surface area contributed by atoms with E-state index in [1.165, 1.54) is 6.92 Å². The zero-order valence-electron chi connectivity index (χ0n) is 15.9. The Hall–Kier alpha value is -2.87. The van der Waals surface area contributed by atoms with E-state index in [9.17, 15) is 18.0 Å². The number of Topliss-reactive ketones (excluding diaryl/α,β-unsaturated/α-hetero) is 1. The van der Waals surface area contributed by atoms with Crippen LogP contribution in [0.25, 0.3) is 0 Å². The minimum absolute atomic E-state index is 0.113. The number of sulfonamides is 1. The Morgan fingerprint density at radius 2 is 1.79 bits per heavy atom.